The van der Waals surface area contributed by atoms with Crippen molar-refractivity contribution in [1.29, 1.82) is 5.26 Å². The number of rotatable bonds is 5. The summed E-state index contributed by atoms with van der Waals surface area (Å²) in [6, 6.07) is 20.3. The third-order valence-corrected chi connectivity index (χ3v) is 6.04. The summed E-state index contributed by atoms with van der Waals surface area (Å²) >= 11 is 0. The number of aromatic nitrogens is 1. The van der Waals surface area contributed by atoms with Gasteiger partial charge in [-0.1, -0.05) is 43.0 Å². The quantitative estimate of drug-likeness (QED) is 0.456. The standard InChI is InChI=1S/C28H20N2O5/c1-17-23(26(31)30(27(32)24(17)15-29)12-11-18-5-3-2-4-6-18)14-21-8-10-25(35-21)19-7-9-22-20(13-19)16-34-28(22)33/h2-10,13-14,32H,1,11-12,16H2/b23-14+. The van der Waals surface area contributed by atoms with Crippen LogP contribution in [-0.4, -0.2) is 15.6 Å². The van der Waals surface area contributed by atoms with Crippen molar-refractivity contribution in [3.05, 3.63) is 109 Å². The van der Waals surface area contributed by atoms with Gasteiger partial charge in [0, 0.05) is 22.9 Å². The first-order chi connectivity index (χ1) is 17.0. The van der Waals surface area contributed by atoms with Crippen LogP contribution in [0, 0.1) is 11.3 Å². The lowest BCUT2D eigenvalue weighted by Crippen LogP contribution is -2.46. The zero-order valence-corrected chi connectivity index (χ0v) is 18.7. The second kappa shape index (κ2) is 8.84. The normalized spacial score (nSPS) is 12.9. The van der Waals surface area contributed by atoms with Crippen LogP contribution in [0.25, 0.3) is 24.0 Å². The molecule has 4 aromatic rings. The fraction of sp³-hybridized carbons (Fsp3) is 0.107. The largest absolute Gasteiger partial charge is 0.493 e. The molecule has 7 heteroatoms. The molecule has 7 nitrogen and oxygen atoms in total. The summed E-state index contributed by atoms with van der Waals surface area (Å²) in [5, 5.41) is 20.5. The molecule has 0 saturated carbocycles. The average molecular weight is 464 g/mol. The van der Waals surface area contributed by atoms with Crippen LogP contribution >= 0.6 is 0 Å². The number of hydrogen-bond donors (Lipinski definition) is 1. The highest BCUT2D eigenvalue weighted by Crippen LogP contribution is 2.28. The maximum atomic E-state index is 13.3. The highest BCUT2D eigenvalue weighted by Gasteiger charge is 2.21. The van der Waals surface area contributed by atoms with Crippen molar-refractivity contribution in [2.24, 2.45) is 0 Å². The Kier molecular flexibility index (Phi) is 5.55. The van der Waals surface area contributed by atoms with Gasteiger partial charge in [-0.2, -0.15) is 5.26 Å². The number of carbonyl (C=O) groups excluding carboxylic acids is 1. The zero-order valence-electron chi connectivity index (χ0n) is 18.7. The third-order valence-electron chi connectivity index (χ3n) is 6.04. The minimum atomic E-state index is -0.464. The molecule has 0 saturated heterocycles. The highest BCUT2D eigenvalue weighted by atomic mass is 16.5. The van der Waals surface area contributed by atoms with E-state index in [1.165, 1.54) is 10.6 Å². The lowest BCUT2D eigenvalue weighted by molar-refractivity contribution is 0.0535. The molecule has 0 unspecified atom stereocenters. The number of carbonyl (C=O) groups is 1. The molecule has 0 amide bonds. The van der Waals surface area contributed by atoms with Gasteiger partial charge in [0.05, 0.1) is 10.8 Å². The minimum Gasteiger partial charge on any atom is -0.493 e. The van der Waals surface area contributed by atoms with E-state index in [9.17, 15) is 20.0 Å². The summed E-state index contributed by atoms with van der Waals surface area (Å²) in [6.07, 6.45) is 2.03. The first-order valence-electron chi connectivity index (χ1n) is 11.0. The van der Waals surface area contributed by atoms with Crippen LogP contribution in [-0.2, 0) is 24.3 Å². The molecule has 2 aromatic heterocycles. The SMILES string of the molecule is C=c1c(C#N)c(O)n(CCc2ccccc2)c(=O)/c1=C/c1ccc(-c2ccc3c(c2)COC3=O)o1. The molecule has 172 valence electrons. The summed E-state index contributed by atoms with van der Waals surface area (Å²) in [6.45, 7) is 4.29. The summed E-state index contributed by atoms with van der Waals surface area (Å²) < 4.78 is 12.2. The van der Waals surface area contributed by atoms with Crippen molar-refractivity contribution < 1.29 is 19.1 Å². The number of esters is 1. The van der Waals surface area contributed by atoms with Crippen LogP contribution in [0.4, 0.5) is 0 Å². The fourth-order valence-corrected chi connectivity index (χ4v) is 4.15. The summed E-state index contributed by atoms with van der Waals surface area (Å²) in [5.74, 6) is 0.199. The molecule has 0 aliphatic carbocycles. The molecule has 2 aromatic carbocycles. The molecular formula is C28H20N2O5. The second-order valence-corrected chi connectivity index (χ2v) is 8.19. The Morgan fingerprint density at radius 1 is 1.11 bits per heavy atom. The Labute approximate surface area is 200 Å². The topological polar surface area (TPSA) is 105 Å². The Morgan fingerprint density at radius 2 is 1.91 bits per heavy atom. The van der Waals surface area contributed by atoms with Crippen molar-refractivity contribution in [2.75, 3.05) is 0 Å². The van der Waals surface area contributed by atoms with Crippen molar-refractivity contribution >= 4 is 18.6 Å². The molecule has 1 aliphatic heterocycles. The highest BCUT2D eigenvalue weighted by molar-refractivity contribution is 5.94. The lowest BCUT2D eigenvalue weighted by Gasteiger charge is -2.10. The van der Waals surface area contributed by atoms with Crippen molar-refractivity contribution in [1.82, 2.24) is 4.57 Å². The van der Waals surface area contributed by atoms with E-state index >= 15 is 0 Å². The van der Waals surface area contributed by atoms with Crippen molar-refractivity contribution in [2.45, 2.75) is 19.6 Å². The van der Waals surface area contributed by atoms with Gasteiger partial charge in [-0.05, 0) is 42.3 Å². The third kappa shape index (κ3) is 4.02. The molecule has 35 heavy (non-hydrogen) atoms. The number of nitrogens with zero attached hydrogens (tertiary/aromatic N) is 2. The van der Waals surface area contributed by atoms with Gasteiger partial charge in [0.15, 0.2) is 0 Å². The van der Waals surface area contributed by atoms with Crippen LogP contribution in [0.15, 0.2) is 69.9 Å². The fourth-order valence-electron chi connectivity index (χ4n) is 4.15. The number of aryl methyl sites for hydroxylation is 1. The predicted octanol–water partition coefficient (Wildman–Crippen LogP) is 2.84. The van der Waals surface area contributed by atoms with E-state index in [0.717, 1.165) is 16.7 Å². The molecule has 1 N–H and O–H groups in total. The van der Waals surface area contributed by atoms with Crippen LogP contribution in [0.5, 0.6) is 5.88 Å². The van der Waals surface area contributed by atoms with Gasteiger partial charge in [0.2, 0.25) is 5.88 Å². The number of fused-ring (bicyclic) bond motifs is 1. The Bertz CT molecular complexity index is 1670. The molecule has 0 atom stereocenters. The van der Waals surface area contributed by atoms with E-state index in [0.29, 0.717) is 23.5 Å². The first kappa shape index (κ1) is 22.0. The van der Waals surface area contributed by atoms with Gasteiger partial charge >= 0.3 is 5.97 Å². The van der Waals surface area contributed by atoms with Crippen LogP contribution in [0.2, 0.25) is 0 Å². The van der Waals surface area contributed by atoms with Gasteiger partial charge < -0.3 is 14.3 Å². The summed E-state index contributed by atoms with van der Waals surface area (Å²) in [4.78, 5) is 25.0. The summed E-state index contributed by atoms with van der Waals surface area (Å²) in [5.41, 5.74) is 2.57. The van der Waals surface area contributed by atoms with E-state index < -0.39 is 11.4 Å². The smallest absolute Gasteiger partial charge is 0.338 e. The average Bonchev–Trinajstić information content (AvgIpc) is 3.49. The monoisotopic (exact) mass is 464 g/mol. The van der Waals surface area contributed by atoms with Crippen LogP contribution in [0.1, 0.15) is 32.8 Å². The predicted molar refractivity (Wildman–Crippen MR) is 129 cm³/mol. The number of furan rings is 1. The number of nitriles is 1. The number of cyclic esters (lactones) is 1. The lowest BCUT2D eigenvalue weighted by atomic mass is 10.0. The van der Waals surface area contributed by atoms with E-state index in [1.54, 1.807) is 24.3 Å². The Balaban J connectivity index is 1.54. The van der Waals surface area contributed by atoms with Gasteiger partial charge in [-0.25, -0.2) is 4.79 Å². The van der Waals surface area contributed by atoms with Gasteiger partial charge in [-0.3, -0.25) is 9.36 Å². The maximum Gasteiger partial charge on any atom is 0.338 e. The van der Waals surface area contributed by atoms with Gasteiger partial charge in [0.1, 0.15) is 29.8 Å². The minimum absolute atomic E-state index is 0.0565. The molecular weight excluding hydrogens is 444 g/mol. The zero-order chi connectivity index (χ0) is 24.5. The summed E-state index contributed by atoms with van der Waals surface area (Å²) in [7, 11) is 0. The van der Waals surface area contributed by atoms with Gasteiger partial charge in [0.25, 0.3) is 5.56 Å². The second-order valence-electron chi connectivity index (χ2n) is 8.19. The van der Waals surface area contributed by atoms with E-state index in [4.69, 9.17) is 9.15 Å². The van der Waals surface area contributed by atoms with E-state index in [2.05, 4.69) is 6.58 Å². The Hall–Kier alpha value is -4.83. The first-order valence-corrected chi connectivity index (χ1v) is 11.0. The number of benzene rings is 2. The molecule has 1 aliphatic rings. The van der Waals surface area contributed by atoms with E-state index in [1.807, 2.05) is 42.5 Å². The molecule has 0 spiro atoms. The number of pyridine rings is 1. The molecule has 0 radical (unpaired) electrons. The van der Waals surface area contributed by atoms with Crippen molar-refractivity contribution in [3.63, 3.8) is 0 Å². The molecule has 5 rings (SSSR count). The van der Waals surface area contributed by atoms with Crippen LogP contribution in [0.3, 0.4) is 0 Å². The maximum absolute atomic E-state index is 13.3. The molecule has 3 heterocycles. The molecule has 0 bridgehead atoms. The number of ether oxygens (including phenoxy) is 1. The van der Waals surface area contributed by atoms with E-state index in [-0.39, 0.29) is 35.1 Å². The number of hydrogen-bond acceptors (Lipinski definition) is 6. The van der Waals surface area contributed by atoms with Gasteiger partial charge in [-0.15, -0.1) is 0 Å². The van der Waals surface area contributed by atoms with Crippen molar-refractivity contribution in [3.8, 4) is 23.3 Å². The Morgan fingerprint density at radius 3 is 2.69 bits per heavy atom. The number of aromatic hydroxyl groups is 1. The molecule has 0 fully saturated rings. The van der Waals surface area contributed by atoms with Crippen LogP contribution < -0.4 is 16.0 Å².